The molecule has 0 bridgehead atoms. The molecule has 3 nitrogen and oxygen atoms in total. The van der Waals surface area contributed by atoms with Gasteiger partial charge in [0.15, 0.2) is 5.82 Å². The van der Waals surface area contributed by atoms with E-state index in [1.807, 2.05) is 6.92 Å². The molecule has 2 rings (SSSR count). The third kappa shape index (κ3) is 2.89. The average Bonchev–Trinajstić information content (AvgIpc) is 2.37. The smallest absolute Gasteiger partial charge is 0.160 e. The van der Waals surface area contributed by atoms with Gasteiger partial charge in [-0.05, 0) is 19.1 Å². The van der Waals surface area contributed by atoms with Crippen LogP contribution in [0.5, 0.6) is 0 Å². The predicted molar refractivity (Wildman–Crippen MR) is 70.5 cm³/mol. The summed E-state index contributed by atoms with van der Waals surface area (Å²) in [5.74, 6) is -0.615. The third-order valence-corrected chi connectivity index (χ3v) is 2.94. The summed E-state index contributed by atoms with van der Waals surface area (Å²) in [6.45, 7) is 1.91. The highest BCUT2D eigenvalue weighted by Gasteiger charge is 2.11. The Labute approximate surface area is 114 Å². The Kier molecular flexibility index (Phi) is 3.99. The standard InChI is InChI=1S/C12H10Cl2FN3/c1-7(11-6-16-2-3-17-11)18-8-4-9(13)12(15)10(14)5-8/h2-7,18H,1H3. The first kappa shape index (κ1) is 13.1. The molecule has 6 heteroatoms. The molecule has 0 fully saturated rings. The van der Waals surface area contributed by atoms with Crippen molar-refractivity contribution in [2.45, 2.75) is 13.0 Å². The van der Waals surface area contributed by atoms with Gasteiger partial charge in [0.1, 0.15) is 0 Å². The van der Waals surface area contributed by atoms with Crippen molar-refractivity contribution in [2.75, 3.05) is 5.32 Å². The topological polar surface area (TPSA) is 37.8 Å². The molecular formula is C12H10Cl2FN3. The Bertz CT molecular complexity index is 525. The molecular weight excluding hydrogens is 276 g/mol. The van der Waals surface area contributed by atoms with Gasteiger partial charge in [0.2, 0.25) is 0 Å². The fourth-order valence-corrected chi connectivity index (χ4v) is 1.98. The third-order valence-electron chi connectivity index (χ3n) is 2.39. The van der Waals surface area contributed by atoms with Gasteiger partial charge in [0.05, 0.1) is 28.0 Å². The maximum Gasteiger partial charge on any atom is 0.160 e. The minimum absolute atomic E-state index is 0.0173. The SMILES string of the molecule is CC(Nc1cc(Cl)c(F)c(Cl)c1)c1cnccn1. The highest BCUT2D eigenvalue weighted by atomic mass is 35.5. The van der Waals surface area contributed by atoms with E-state index in [-0.39, 0.29) is 16.1 Å². The molecule has 1 atom stereocenters. The van der Waals surface area contributed by atoms with Crippen molar-refractivity contribution in [3.05, 3.63) is 52.3 Å². The lowest BCUT2D eigenvalue weighted by atomic mass is 10.2. The van der Waals surface area contributed by atoms with E-state index < -0.39 is 5.82 Å². The van der Waals surface area contributed by atoms with Gasteiger partial charge in [0.25, 0.3) is 0 Å². The van der Waals surface area contributed by atoms with E-state index in [2.05, 4.69) is 15.3 Å². The highest BCUT2D eigenvalue weighted by Crippen LogP contribution is 2.29. The molecule has 1 aromatic carbocycles. The van der Waals surface area contributed by atoms with Crippen molar-refractivity contribution in [2.24, 2.45) is 0 Å². The number of hydrogen-bond donors (Lipinski definition) is 1. The van der Waals surface area contributed by atoms with Crippen LogP contribution < -0.4 is 5.32 Å². The zero-order valence-electron chi connectivity index (χ0n) is 9.49. The lowest BCUT2D eigenvalue weighted by Crippen LogP contribution is -2.08. The van der Waals surface area contributed by atoms with Crippen LogP contribution in [0.15, 0.2) is 30.7 Å². The summed E-state index contributed by atoms with van der Waals surface area (Å²) in [5.41, 5.74) is 1.40. The van der Waals surface area contributed by atoms with E-state index in [9.17, 15) is 4.39 Å². The molecule has 1 aromatic heterocycles. The average molecular weight is 286 g/mol. The molecule has 0 aliphatic heterocycles. The van der Waals surface area contributed by atoms with Crippen molar-refractivity contribution >= 4 is 28.9 Å². The predicted octanol–water partition coefficient (Wildman–Crippen LogP) is 4.10. The second kappa shape index (κ2) is 5.50. The van der Waals surface area contributed by atoms with Crippen molar-refractivity contribution in [1.82, 2.24) is 9.97 Å². The first-order valence-electron chi connectivity index (χ1n) is 5.25. The fourth-order valence-electron chi connectivity index (χ4n) is 1.50. The molecule has 1 unspecified atom stereocenters. The first-order chi connectivity index (χ1) is 8.58. The maximum atomic E-state index is 13.3. The summed E-state index contributed by atoms with van der Waals surface area (Å²) in [5, 5.41) is 3.09. The van der Waals surface area contributed by atoms with Gasteiger partial charge in [-0.25, -0.2) is 4.39 Å². The van der Waals surface area contributed by atoms with Gasteiger partial charge in [0, 0.05) is 18.1 Å². The van der Waals surface area contributed by atoms with Crippen LogP contribution in [-0.4, -0.2) is 9.97 Å². The molecule has 18 heavy (non-hydrogen) atoms. The van der Waals surface area contributed by atoms with Crippen LogP contribution in [-0.2, 0) is 0 Å². The van der Waals surface area contributed by atoms with Crippen LogP contribution in [0.3, 0.4) is 0 Å². The van der Waals surface area contributed by atoms with Crippen molar-refractivity contribution in [3.63, 3.8) is 0 Å². The van der Waals surface area contributed by atoms with E-state index in [1.54, 1.807) is 18.6 Å². The monoisotopic (exact) mass is 285 g/mol. The Morgan fingerprint density at radius 3 is 2.44 bits per heavy atom. The van der Waals surface area contributed by atoms with Gasteiger partial charge in [-0.1, -0.05) is 23.2 Å². The van der Waals surface area contributed by atoms with Gasteiger partial charge < -0.3 is 5.32 Å². The van der Waals surface area contributed by atoms with Gasteiger partial charge in [-0.15, -0.1) is 0 Å². The second-order valence-electron chi connectivity index (χ2n) is 3.75. The quantitative estimate of drug-likeness (QED) is 0.863. The Morgan fingerprint density at radius 2 is 1.89 bits per heavy atom. The first-order valence-corrected chi connectivity index (χ1v) is 6.00. The molecule has 0 radical (unpaired) electrons. The number of benzene rings is 1. The molecule has 0 saturated heterocycles. The van der Waals surface area contributed by atoms with E-state index in [4.69, 9.17) is 23.2 Å². The molecule has 0 aliphatic carbocycles. The van der Waals surface area contributed by atoms with E-state index >= 15 is 0 Å². The number of nitrogens with one attached hydrogen (secondary N) is 1. The van der Waals surface area contributed by atoms with Crippen LogP contribution in [0.4, 0.5) is 10.1 Å². The summed E-state index contributed by atoms with van der Waals surface area (Å²) in [4.78, 5) is 8.15. The number of rotatable bonds is 3. The van der Waals surface area contributed by atoms with E-state index in [1.165, 1.54) is 12.1 Å². The maximum absolute atomic E-state index is 13.3. The van der Waals surface area contributed by atoms with E-state index in [0.717, 1.165) is 5.69 Å². The Balaban J connectivity index is 2.20. The molecule has 0 amide bonds. The lowest BCUT2D eigenvalue weighted by Gasteiger charge is -2.15. The van der Waals surface area contributed by atoms with Crippen LogP contribution >= 0.6 is 23.2 Å². The van der Waals surface area contributed by atoms with Gasteiger partial charge >= 0.3 is 0 Å². The van der Waals surface area contributed by atoms with Crippen LogP contribution in [0.25, 0.3) is 0 Å². The molecule has 94 valence electrons. The van der Waals surface area contributed by atoms with Crippen LogP contribution in [0, 0.1) is 5.82 Å². The minimum Gasteiger partial charge on any atom is -0.377 e. The molecule has 1 N–H and O–H groups in total. The Hall–Kier alpha value is -1.39. The van der Waals surface area contributed by atoms with Gasteiger partial charge in [-0.2, -0.15) is 0 Å². The molecule has 0 aliphatic rings. The summed E-state index contributed by atoms with van der Waals surface area (Å²) >= 11 is 11.4. The molecule has 0 saturated carbocycles. The van der Waals surface area contributed by atoms with Crippen molar-refractivity contribution in [3.8, 4) is 0 Å². The van der Waals surface area contributed by atoms with Gasteiger partial charge in [-0.3, -0.25) is 9.97 Å². The van der Waals surface area contributed by atoms with Crippen LogP contribution in [0.2, 0.25) is 10.0 Å². The largest absolute Gasteiger partial charge is 0.377 e. The molecule has 1 heterocycles. The van der Waals surface area contributed by atoms with Crippen LogP contribution in [0.1, 0.15) is 18.7 Å². The number of aromatic nitrogens is 2. The number of hydrogen-bond acceptors (Lipinski definition) is 3. The normalized spacial score (nSPS) is 12.2. The lowest BCUT2D eigenvalue weighted by molar-refractivity contribution is 0.628. The number of anilines is 1. The van der Waals surface area contributed by atoms with Crippen molar-refractivity contribution < 1.29 is 4.39 Å². The molecule has 2 aromatic rings. The second-order valence-corrected chi connectivity index (χ2v) is 4.56. The van der Waals surface area contributed by atoms with E-state index in [0.29, 0.717) is 5.69 Å². The zero-order valence-corrected chi connectivity index (χ0v) is 11.0. The number of halogens is 3. The zero-order chi connectivity index (χ0) is 13.1. The highest BCUT2D eigenvalue weighted by molar-refractivity contribution is 6.35. The fraction of sp³-hybridized carbons (Fsp3) is 0.167. The summed E-state index contributed by atoms with van der Waals surface area (Å²) in [6, 6.07) is 2.88. The Morgan fingerprint density at radius 1 is 1.22 bits per heavy atom. The summed E-state index contributed by atoms with van der Waals surface area (Å²) < 4.78 is 13.3. The summed E-state index contributed by atoms with van der Waals surface area (Å²) in [6.07, 6.45) is 4.87. The number of nitrogens with zero attached hydrogens (tertiary/aromatic N) is 2. The molecule has 0 spiro atoms. The minimum atomic E-state index is -0.615. The summed E-state index contributed by atoms with van der Waals surface area (Å²) in [7, 11) is 0. The van der Waals surface area contributed by atoms with Crippen molar-refractivity contribution in [1.29, 1.82) is 0 Å².